The highest BCUT2D eigenvalue weighted by Gasteiger charge is 2.30. The fraction of sp³-hybridized carbons (Fsp3) is 0.611. The molecule has 1 aromatic rings. The first-order chi connectivity index (χ1) is 11.4. The summed E-state index contributed by atoms with van der Waals surface area (Å²) in [5.74, 6) is 0.588. The summed E-state index contributed by atoms with van der Waals surface area (Å²) < 4.78 is 26.5. The van der Waals surface area contributed by atoms with Crippen molar-refractivity contribution in [3.05, 3.63) is 35.9 Å². The van der Waals surface area contributed by atoms with Gasteiger partial charge in [-0.25, -0.2) is 12.7 Å². The SMILES string of the molecule is CC(C)CCNC(=O)C1CCN(S(=O)(=O)Cc2ccccc2)CC1. The lowest BCUT2D eigenvalue weighted by atomic mass is 9.97. The van der Waals surface area contributed by atoms with Crippen LogP contribution in [0.1, 0.15) is 38.7 Å². The van der Waals surface area contributed by atoms with E-state index >= 15 is 0 Å². The number of benzene rings is 1. The van der Waals surface area contributed by atoms with E-state index in [-0.39, 0.29) is 17.6 Å². The minimum Gasteiger partial charge on any atom is -0.356 e. The quantitative estimate of drug-likeness (QED) is 0.819. The van der Waals surface area contributed by atoms with Crippen LogP contribution in [0.15, 0.2) is 30.3 Å². The molecular weight excluding hydrogens is 324 g/mol. The molecule has 1 N–H and O–H groups in total. The average Bonchev–Trinajstić information content (AvgIpc) is 2.55. The molecule has 1 aliphatic heterocycles. The van der Waals surface area contributed by atoms with Crippen molar-refractivity contribution in [3.8, 4) is 0 Å². The molecule has 1 saturated heterocycles. The Kier molecular flexibility index (Phi) is 6.80. The molecule has 0 radical (unpaired) electrons. The van der Waals surface area contributed by atoms with Gasteiger partial charge >= 0.3 is 0 Å². The molecule has 1 aliphatic rings. The Labute approximate surface area is 145 Å². The zero-order valence-corrected chi connectivity index (χ0v) is 15.4. The Hall–Kier alpha value is -1.40. The van der Waals surface area contributed by atoms with Crippen LogP contribution in [0.2, 0.25) is 0 Å². The summed E-state index contributed by atoms with van der Waals surface area (Å²) in [6.45, 7) is 5.81. The molecule has 1 amide bonds. The van der Waals surface area contributed by atoms with E-state index in [1.807, 2.05) is 30.3 Å². The molecular formula is C18H28N2O3S. The molecule has 24 heavy (non-hydrogen) atoms. The van der Waals surface area contributed by atoms with E-state index in [1.165, 1.54) is 4.31 Å². The normalized spacial score (nSPS) is 17.1. The van der Waals surface area contributed by atoms with Crippen LogP contribution < -0.4 is 5.32 Å². The first-order valence-electron chi connectivity index (χ1n) is 8.68. The predicted octanol–water partition coefficient (Wildman–Crippen LogP) is 2.39. The standard InChI is InChI=1S/C18H28N2O3S/c1-15(2)8-11-19-18(21)17-9-12-20(13-10-17)24(22,23)14-16-6-4-3-5-7-16/h3-7,15,17H,8-14H2,1-2H3,(H,19,21). The molecule has 0 aromatic heterocycles. The van der Waals surface area contributed by atoms with Crippen LogP contribution in [0.3, 0.4) is 0 Å². The van der Waals surface area contributed by atoms with E-state index in [2.05, 4.69) is 19.2 Å². The van der Waals surface area contributed by atoms with Crippen LogP contribution in [0.5, 0.6) is 0 Å². The molecule has 1 heterocycles. The molecule has 2 rings (SSSR count). The molecule has 0 atom stereocenters. The molecule has 1 fully saturated rings. The van der Waals surface area contributed by atoms with Crippen LogP contribution in [-0.2, 0) is 20.6 Å². The van der Waals surface area contributed by atoms with E-state index in [9.17, 15) is 13.2 Å². The van der Waals surface area contributed by atoms with Gasteiger partial charge in [0, 0.05) is 25.6 Å². The molecule has 0 spiro atoms. The summed E-state index contributed by atoms with van der Waals surface area (Å²) in [7, 11) is -3.31. The minimum atomic E-state index is -3.31. The largest absolute Gasteiger partial charge is 0.356 e. The Bertz CT molecular complexity index is 621. The van der Waals surface area contributed by atoms with Crippen molar-refractivity contribution < 1.29 is 13.2 Å². The van der Waals surface area contributed by atoms with Crippen LogP contribution in [0, 0.1) is 11.8 Å². The number of sulfonamides is 1. The number of hydrogen-bond donors (Lipinski definition) is 1. The summed E-state index contributed by atoms with van der Waals surface area (Å²) in [5.41, 5.74) is 0.797. The Morgan fingerprint density at radius 1 is 1.21 bits per heavy atom. The Morgan fingerprint density at radius 2 is 1.83 bits per heavy atom. The van der Waals surface area contributed by atoms with Gasteiger partial charge in [0.1, 0.15) is 0 Å². The van der Waals surface area contributed by atoms with Crippen LogP contribution >= 0.6 is 0 Å². The molecule has 0 unspecified atom stereocenters. The third kappa shape index (κ3) is 5.60. The third-order valence-electron chi connectivity index (χ3n) is 4.43. The first-order valence-corrected chi connectivity index (χ1v) is 10.3. The van der Waals surface area contributed by atoms with Gasteiger partial charge in [-0.2, -0.15) is 0 Å². The number of nitrogens with zero attached hydrogens (tertiary/aromatic N) is 1. The van der Waals surface area contributed by atoms with E-state index < -0.39 is 10.0 Å². The van der Waals surface area contributed by atoms with Crippen LogP contribution in [0.25, 0.3) is 0 Å². The van der Waals surface area contributed by atoms with Gasteiger partial charge in [-0.1, -0.05) is 44.2 Å². The smallest absolute Gasteiger partial charge is 0.223 e. The lowest BCUT2D eigenvalue weighted by Gasteiger charge is -2.30. The fourth-order valence-electron chi connectivity index (χ4n) is 2.90. The van der Waals surface area contributed by atoms with Crippen molar-refractivity contribution >= 4 is 15.9 Å². The predicted molar refractivity (Wildman–Crippen MR) is 95.8 cm³/mol. The van der Waals surface area contributed by atoms with Crippen molar-refractivity contribution in [2.24, 2.45) is 11.8 Å². The van der Waals surface area contributed by atoms with E-state index in [1.54, 1.807) is 0 Å². The highest BCUT2D eigenvalue weighted by atomic mass is 32.2. The number of carbonyl (C=O) groups excluding carboxylic acids is 1. The minimum absolute atomic E-state index is 0.0269. The van der Waals surface area contributed by atoms with Crippen molar-refractivity contribution in [2.75, 3.05) is 19.6 Å². The van der Waals surface area contributed by atoms with Gasteiger partial charge in [-0.05, 0) is 30.7 Å². The van der Waals surface area contributed by atoms with Gasteiger partial charge in [-0.15, -0.1) is 0 Å². The summed E-state index contributed by atoms with van der Waals surface area (Å²) in [6.07, 6.45) is 2.17. The van der Waals surface area contributed by atoms with E-state index in [0.717, 1.165) is 12.0 Å². The molecule has 134 valence electrons. The number of rotatable bonds is 7. The number of hydrogen-bond acceptors (Lipinski definition) is 3. The number of amides is 1. The summed E-state index contributed by atoms with van der Waals surface area (Å²) in [5, 5.41) is 2.97. The van der Waals surface area contributed by atoms with E-state index in [4.69, 9.17) is 0 Å². The fourth-order valence-corrected chi connectivity index (χ4v) is 4.46. The Morgan fingerprint density at radius 3 is 2.42 bits per heavy atom. The number of carbonyl (C=O) groups is 1. The maximum atomic E-state index is 12.5. The van der Waals surface area contributed by atoms with Crippen LogP contribution in [-0.4, -0.2) is 38.3 Å². The lowest BCUT2D eigenvalue weighted by molar-refractivity contribution is -0.126. The number of piperidine rings is 1. The van der Waals surface area contributed by atoms with Crippen molar-refractivity contribution in [2.45, 2.75) is 38.9 Å². The molecule has 0 bridgehead atoms. The molecule has 5 nitrogen and oxygen atoms in total. The lowest BCUT2D eigenvalue weighted by Crippen LogP contribution is -2.43. The highest BCUT2D eigenvalue weighted by Crippen LogP contribution is 2.21. The van der Waals surface area contributed by atoms with Gasteiger partial charge in [0.05, 0.1) is 5.75 Å². The van der Waals surface area contributed by atoms with Gasteiger partial charge in [-0.3, -0.25) is 4.79 Å². The third-order valence-corrected chi connectivity index (χ3v) is 6.28. The monoisotopic (exact) mass is 352 g/mol. The second kappa shape index (κ2) is 8.62. The van der Waals surface area contributed by atoms with Crippen molar-refractivity contribution in [1.82, 2.24) is 9.62 Å². The maximum Gasteiger partial charge on any atom is 0.223 e. The summed E-state index contributed by atoms with van der Waals surface area (Å²) >= 11 is 0. The van der Waals surface area contributed by atoms with Gasteiger partial charge in [0.2, 0.25) is 15.9 Å². The zero-order chi connectivity index (χ0) is 17.6. The summed E-state index contributed by atoms with van der Waals surface area (Å²) in [4.78, 5) is 12.1. The van der Waals surface area contributed by atoms with Crippen molar-refractivity contribution in [1.29, 1.82) is 0 Å². The highest BCUT2D eigenvalue weighted by molar-refractivity contribution is 7.88. The maximum absolute atomic E-state index is 12.5. The molecule has 1 aromatic carbocycles. The number of nitrogens with one attached hydrogen (secondary N) is 1. The molecule has 0 saturated carbocycles. The molecule has 6 heteroatoms. The zero-order valence-electron chi connectivity index (χ0n) is 14.6. The second-order valence-electron chi connectivity index (χ2n) is 6.89. The van der Waals surface area contributed by atoms with Gasteiger partial charge in [0.15, 0.2) is 0 Å². The van der Waals surface area contributed by atoms with E-state index in [0.29, 0.717) is 38.4 Å². The topological polar surface area (TPSA) is 66.5 Å². The summed E-state index contributed by atoms with van der Waals surface area (Å²) in [6, 6.07) is 9.22. The first kappa shape index (κ1) is 18.9. The van der Waals surface area contributed by atoms with Gasteiger partial charge < -0.3 is 5.32 Å². The van der Waals surface area contributed by atoms with Crippen LogP contribution in [0.4, 0.5) is 0 Å². The molecule has 0 aliphatic carbocycles. The second-order valence-corrected chi connectivity index (χ2v) is 8.86. The Balaban J connectivity index is 1.82. The average molecular weight is 353 g/mol. The van der Waals surface area contributed by atoms with Crippen molar-refractivity contribution in [3.63, 3.8) is 0 Å². The van der Waals surface area contributed by atoms with Gasteiger partial charge in [0.25, 0.3) is 0 Å².